The van der Waals surface area contributed by atoms with Crippen molar-refractivity contribution < 1.29 is 4.79 Å². The van der Waals surface area contributed by atoms with Crippen molar-refractivity contribution in [1.82, 2.24) is 5.32 Å². The lowest BCUT2D eigenvalue weighted by Crippen LogP contribution is -2.27. The zero-order valence-electron chi connectivity index (χ0n) is 9.34. The van der Waals surface area contributed by atoms with Crippen LogP contribution in [0.1, 0.15) is 24.2 Å². The summed E-state index contributed by atoms with van der Waals surface area (Å²) in [5.41, 5.74) is 9.29. The van der Waals surface area contributed by atoms with Gasteiger partial charge in [0, 0.05) is 22.7 Å². The molecule has 0 saturated carbocycles. The molecule has 1 aromatic carbocycles. The van der Waals surface area contributed by atoms with E-state index in [0.29, 0.717) is 23.7 Å². The summed E-state index contributed by atoms with van der Waals surface area (Å²) < 4.78 is 0. The van der Waals surface area contributed by atoms with Gasteiger partial charge in [0.25, 0.3) is 5.91 Å². The SMILES string of the molecule is CC(C)CNC(=O)c1ccc(N=[N+]=[N-])cc1. The van der Waals surface area contributed by atoms with Gasteiger partial charge in [-0.3, -0.25) is 4.79 Å². The van der Waals surface area contributed by atoms with Crippen LogP contribution in [0.4, 0.5) is 5.69 Å². The molecular weight excluding hydrogens is 204 g/mol. The first-order chi connectivity index (χ1) is 7.63. The number of carbonyl (C=O) groups is 1. The van der Waals surface area contributed by atoms with Crippen LogP contribution in [0.15, 0.2) is 29.4 Å². The number of rotatable bonds is 4. The van der Waals surface area contributed by atoms with Gasteiger partial charge in [-0.1, -0.05) is 31.1 Å². The van der Waals surface area contributed by atoms with E-state index in [0.717, 1.165) is 0 Å². The third-order valence-corrected chi connectivity index (χ3v) is 1.96. The zero-order valence-corrected chi connectivity index (χ0v) is 9.34. The van der Waals surface area contributed by atoms with Crippen molar-refractivity contribution in [3.8, 4) is 0 Å². The average Bonchev–Trinajstić information content (AvgIpc) is 2.27. The molecule has 1 aromatic rings. The fraction of sp³-hybridized carbons (Fsp3) is 0.364. The second kappa shape index (κ2) is 5.78. The van der Waals surface area contributed by atoms with E-state index in [1.54, 1.807) is 24.3 Å². The Kier molecular flexibility index (Phi) is 4.36. The summed E-state index contributed by atoms with van der Waals surface area (Å²) in [6, 6.07) is 6.51. The van der Waals surface area contributed by atoms with Crippen molar-refractivity contribution in [3.63, 3.8) is 0 Å². The quantitative estimate of drug-likeness (QED) is 0.470. The first-order valence-electron chi connectivity index (χ1n) is 5.07. The van der Waals surface area contributed by atoms with E-state index in [4.69, 9.17) is 5.53 Å². The van der Waals surface area contributed by atoms with Crippen LogP contribution in [0, 0.1) is 5.92 Å². The van der Waals surface area contributed by atoms with Crippen molar-refractivity contribution in [3.05, 3.63) is 40.3 Å². The normalized spacial score (nSPS) is 9.69. The molecule has 0 radical (unpaired) electrons. The fourth-order valence-electron chi connectivity index (χ4n) is 1.13. The molecule has 0 aliphatic heterocycles. The summed E-state index contributed by atoms with van der Waals surface area (Å²) in [5.74, 6) is 0.313. The Bertz CT molecular complexity index is 404. The maximum Gasteiger partial charge on any atom is 0.251 e. The molecule has 0 atom stereocenters. The van der Waals surface area contributed by atoms with Crippen molar-refractivity contribution in [2.75, 3.05) is 6.54 Å². The Morgan fingerprint density at radius 3 is 2.56 bits per heavy atom. The molecule has 1 rings (SSSR count). The number of hydrogen-bond donors (Lipinski definition) is 1. The van der Waals surface area contributed by atoms with E-state index >= 15 is 0 Å². The molecule has 5 heteroatoms. The van der Waals surface area contributed by atoms with Gasteiger partial charge in [0.2, 0.25) is 0 Å². The lowest BCUT2D eigenvalue weighted by atomic mass is 10.2. The minimum absolute atomic E-state index is 0.110. The van der Waals surface area contributed by atoms with Gasteiger partial charge in [0.15, 0.2) is 0 Å². The highest BCUT2D eigenvalue weighted by molar-refractivity contribution is 5.94. The van der Waals surface area contributed by atoms with Gasteiger partial charge in [0.1, 0.15) is 0 Å². The van der Waals surface area contributed by atoms with Crippen LogP contribution in [0.2, 0.25) is 0 Å². The van der Waals surface area contributed by atoms with Crippen LogP contribution in [-0.2, 0) is 0 Å². The highest BCUT2D eigenvalue weighted by Gasteiger charge is 2.04. The van der Waals surface area contributed by atoms with Crippen molar-refractivity contribution >= 4 is 11.6 Å². The number of azide groups is 1. The second-order valence-electron chi connectivity index (χ2n) is 3.84. The Labute approximate surface area is 94.1 Å². The van der Waals surface area contributed by atoms with Crippen LogP contribution in [0.25, 0.3) is 10.4 Å². The van der Waals surface area contributed by atoms with Crippen LogP contribution in [0.3, 0.4) is 0 Å². The van der Waals surface area contributed by atoms with Crippen molar-refractivity contribution in [2.24, 2.45) is 11.0 Å². The molecular formula is C11H14N4O. The minimum atomic E-state index is -0.110. The van der Waals surface area contributed by atoms with Crippen LogP contribution in [-0.4, -0.2) is 12.5 Å². The Balaban J connectivity index is 2.66. The zero-order chi connectivity index (χ0) is 12.0. The van der Waals surface area contributed by atoms with Gasteiger partial charge in [-0.25, -0.2) is 0 Å². The molecule has 0 unspecified atom stereocenters. The lowest BCUT2D eigenvalue weighted by Gasteiger charge is -2.07. The first-order valence-corrected chi connectivity index (χ1v) is 5.07. The number of nitrogens with one attached hydrogen (secondary N) is 1. The summed E-state index contributed by atoms with van der Waals surface area (Å²) >= 11 is 0. The summed E-state index contributed by atoms with van der Waals surface area (Å²) in [7, 11) is 0. The predicted octanol–water partition coefficient (Wildman–Crippen LogP) is 3.01. The largest absolute Gasteiger partial charge is 0.352 e. The number of carbonyl (C=O) groups excluding carboxylic acids is 1. The Morgan fingerprint density at radius 2 is 2.06 bits per heavy atom. The van der Waals surface area contributed by atoms with E-state index in [1.165, 1.54) is 0 Å². The Hall–Kier alpha value is -2.00. The third kappa shape index (κ3) is 3.63. The second-order valence-corrected chi connectivity index (χ2v) is 3.84. The average molecular weight is 218 g/mol. The van der Waals surface area contributed by atoms with Gasteiger partial charge >= 0.3 is 0 Å². The van der Waals surface area contributed by atoms with Crippen LogP contribution >= 0.6 is 0 Å². The number of amides is 1. The number of hydrogen-bond acceptors (Lipinski definition) is 2. The van der Waals surface area contributed by atoms with Crippen LogP contribution in [0.5, 0.6) is 0 Å². The van der Waals surface area contributed by atoms with Gasteiger partial charge < -0.3 is 5.32 Å². The molecule has 0 aliphatic carbocycles. The van der Waals surface area contributed by atoms with Gasteiger partial charge in [-0.15, -0.1) is 0 Å². The maximum absolute atomic E-state index is 11.6. The predicted molar refractivity (Wildman–Crippen MR) is 62.4 cm³/mol. The molecule has 16 heavy (non-hydrogen) atoms. The number of nitrogens with zero attached hydrogens (tertiary/aromatic N) is 3. The van der Waals surface area contributed by atoms with E-state index < -0.39 is 0 Å². The van der Waals surface area contributed by atoms with E-state index in [1.807, 2.05) is 13.8 Å². The summed E-state index contributed by atoms with van der Waals surface area (Å²) in [5, 5.41) is 6.24. The van der Waals surface area contributed by atoms with E-state index in [2.05, 4.69) is 15.3 Å². The molecule has 0 aliphatic rings. The molecule has 1 amide bonds. The third-order valence-electron chi connectivity index (χ3n) is 1.96. The van der Waals surface area contributed by atoms with Gasteiger partial charge in [-0.05, 0) is 23.6 Å². The molecule has 0 saturated heterocycles. The lowest BCUT2D eigenvalue weighted by molar-refractivity contribution is 0.0949. The van der Waals surface area contributed by atoms with Crippen LogP contribution < -0.4 is 5.32 Å². The maximum atomic E-state index is 11.6. The molecule has 84 valence electrons. The monoisotopic (exact) mass is 218 g/mol. The van der Waals surface area contributed by atoms with E-state index in [-0.39, 0.29) is 5.91 Å². The molecule has 0 spiro atoms. The molecule has 5 nitrogen and oxygen atoms in total. The smallest absolute Gasteiger partial charge is 0.251 e. The van der Waals surface area contributed by atoms with Crippen molar-refractivity contribution in [2.45, 2.75) is 13.8 Å². The summed E-state index contributed by atoms with van der Waals surface area (Å²) in [6.07, 6.45) is 0. The summed E-state index contributed by atoms with van der Waals surface area (Å²) in [4.78, 5) is 14.3. The van der Waals surface area contributed by atoms with Gasteiger partial charge in [-0.2, -0.15) is 0 Å². The molecule has 0 aromatic heterocycles. The number of benzene rings is 1. The molecule has 0 bridgehead atoms. The fourth-order valence-corrected chi connectivity index (χ4v) is 1.13. The first kappa shape index (κ1) is 12.1. The molecule has 1 N–H and O–H groups in total. The topological polar surface area (TPSA) is 77.9 Å². The highest BCUT2D eigenvalue weighted by atomic mass is 16.1. The van der Waals surface area contributed by atoms with E-state index in [9.17, 15) is 4.79 Å². The van der Waals surface area contributed by atoms with Crippen molar-refractivity contribution in [1.29, 1.82) is 0 Å². The highest BCUT2D eigenvalue weighted by Crippen LogP contribution is 2.12. The molecule has 0 heterocycles. The molecule has 0 fully saturated rings. The van der Waals surface area contributed by atoms with Gasteiger partial charge in [0.05, 0.1) is 0 Å². The minimum Gasteiger partial charge on any atom is -0.352 e. The standard InChI is InChI=1S/C11H14N4O/c1-8(2)7-13-11(16)9-3-5-10(6-4-9)14-15-12/h3-6,8H,7H2,1-2H3,(H,13,16). The Morgan fingerprint density at radius 1 is 1.44 bits per heavy atom. The summed E-state index contributed by atoms with van der Waals surface area (Å²) in [6.45, 7) is 4.72.